The second-order valence-electron chi connectivity index (χ2n) is 8.72. The van der Waals surface area contributed by atoms with Gasteiger partial charge in [0.1, 0.15) is 5.75 Å². The van der Waals surface area contributed by atoms with Gasteiger partial charge in [-0.2, -0.15) is 0 Å². The van der Waals surface area contributed by atoms with E-state index in [-0.39, 0.29) is 28.1 Å². The van der Waals surface area contributed by atoms with Crippen LogP contribution in [-0.2, 0) is 19.0 Å². The molecule has 0 amide bonds. The first-order chi connectivity index (χ1) is 20.9. The van der Waals surface area contributed by atoms with Crippen molar-refractivity contribution in [3.05, 3.63) is 118 Å². The number of anilines is 1. The second-order valence-corrected chi connectivity index (χ2v) is 8.72. The number of phenolic OH excluding ortho intramolecular Hbond substituents is 3. The molecule has 1 atom stereocenters. The molecule has 4 rings (SSSR count). The van der Waals surface area contributed by atoms with Crippen molar-refractivity contribution in [2.75, 3.05) is 5.73 Å². The Kier molecular flexibility index (Phi) is 8.60. The summed E-state index contributed by atoms with van der Waals surface area (Å²) in [4.78, 5) is 68.4. The highest BCUT2D eigenvalue weighted by Crippen LogP contribution is 2.30. The summed E-state index contributed by atoms with van der Waals surface area (Å²) >= 11 is 0. The number of nitrogens with zero attached hydrogens (tertiary/aromatic N) is 1. The number of carbonyl (C=O) groups is 4. The molecule has 15 nitrogen and oxygen atoms in total. The fourth-order valence-corrected chi connectivity index (χ4v) is 3.38. The lowest BCUT2D eigenvalue weighted by Crippen LogP contribution is -2.48. The zero-order chi connectivity index (χ0) is 32.0. The van der Waals surface area contributed by atoms with Gasteiger partial charge >= 0.3 is 29.8 Å². The molecular formula is C29H20N2O13. The fourth-order valence-electron chi connectivity index (χ4n) is 3.38. The van der Waals surface area contributed by atoms with Crippen LogP contribution in [0.5, 0.6) is 17.2 Å². The number of hydrogen-bond acceptors (Lipinski definition) is 14. The molecule has 0 aliphatic rings. The molecule has 0 bridgehead atoms. The predicted molar refractivity (Wildman–Crippen MR) is 143 cm³/mol. The molecule has 15 heteroatoms. The molecule has 0 fully saturated rings. The Bertz CT molecular complexity index is 1680. The van der Waals surface area contributed by atoms with E-state index in [1.165, 1.54) is 24.3 Å². The standard InChI is InChI=1S/C29H20N2O13/c30-20-8-1-17(2-9-20)26(37)41-29(42-27(38)18-5-12-22(32)13-6-18,43-28(39)19-7-14-23(33)24(34)15-19)44-31(40)21-10-3-16(4-11-21)25(35)36/h1-15H,(H5-,30,32,33,34,35,36,37,38,39). The van der Waals surface area contributed by atoms with Gasteiger partial charge < -0.3 is 45.2 Å². The molecular weight excluding hydrogens is 584 g/mol. The number of rotatable bonds is 10. The van der Waals surface area contributed by atoms with Crippen molar-refractivity contribution < 1.29 is 63.6 Å². The molecule has 0 saturated heterocycles. The number of carbonyl (C=O) groups excluding carboxylic acids is 4. The van der Waals surface area contributed by atoms with Crippen LogP contribution >= 0.6 is 0 Å². The van der Waals surface area contributed by atoms with Crippen molar-refractivity contribution in [1.29, 1.82) is 0 Å². The first-order valence-electron chi connectivity index (χ1n) is 12.2. The van der Waals surface area contributed by atoms with Crippen LogP contribution in [0.25, 0.3) is 0 Å². The zero-order valence-electron chi connectivity index (χ0n) is 22.1. The number of carboxylic acid groups (broad SMARTS) is 1. The van der Waals surface area contributed by atoms with E-state index in [1.807, 2.05) is 0 Å². The summed E-state index contributed by atoms with van der Waals surface area (Å²) in [7, 11) is 0. The lowest BCUT2D eigenvalue weighted by Gasteiger charge is -2.24. The number of nitrogen functional groups attached to an aromatic ring is 1. The van der Waals surface area contributed by atoms with Crippen molar-refractivity contribution in [1.82, 2.24) is 0 Å². The predicted octanol–water partition coefficient (Wildman–Crippen LogP) is 2.27. The topological polar surface area (TPSA) is 235 Å². The number of benzene rings is 4. The number of hydrogen-bond donors (Lipinski definition) is 4. The molecule has 0 heterocycles. The highest BCUT2D eigenvalue weighted by molar-refractivity contribution is 5.93. The van der Waals surface area contributed by atoms with Crippen LogP contribution in [0, 0.1) is 4.91 Å². The first kappa shape index (κ1) is 30.3. The van der Waals surface area contributed by atoms with Gasteiger partial charge in [0.05, 0.1) is 27.6 Å². The van der Waals surface area contributed by atoms with Crippen molar-refractivity contribution in [2.45, 2.75) is 6.16 Å². The molecule has 0 aromatic heterocycles. The highest BCUT2D eigenvalue weighted by atomic mass is 17.1. The van der Waals surface area contributed by atoms with Crippen molar-refractivity contribution >= 4 is 35.3 Å². The van der Waals surface area contributed by atoms with E-state index in [1.54, 1.807) is 0 Å². The smallest absolute Gasteiger partial charge is 0.545 e. The minimum Gasteiger partial charge on any atom is -0.545 e. The van der Waals surface area contributed by atoms with Crippen LogP contribution in [0.3, 0.4) is 0 Å². The largest absolute Gasteiger partial charge is 0.674 e. The van der Waals surface area contributed by atoms with Gasteiger partial charge in [0.15, 0.2) is 11.5 Å². The van der Waals surface area contributed by atoms with Crippen LogP contribution in [0.4, 0.5) is 11.4 Å². The third-order valence-electron chi connectivity index (χ3n) is 5.62. The Morgan fingerprint density at radius 2 is 1.09 bits per heavy atom. The molecule has 0 saturated carbocycles. The molecule has 224 valence electrons. The number of phenols is 3. The van der Waals surface area contributed by atoms with Gasteiger partial charge in [0, 0.05) is 17.8 Å². The van der Waals surface area contributed by atoms with Crippen LogP contribution in [0.2, 0.25) is 0 Å². The minimum atomic E-state index is -3.63. The van der Waals surface area contributed by atoms with Crippen molar-refractivity contribution in [2.24, 2.45) is 0 Å². The molecule has 4 aromatic rings. The molecule has 4 aromatic carbocycles. The van der Waals surface area contributed by atoms with E-state index in [0.717, 1.165) is 66.7 Å². The Morgan fingerprint density at radius 3 is 1.59 bits per heavy atom. The van der Waals surface area contributed by atoms with Gasteiger partial charge in [0.2, 0.25) is 0 Å². The van der Waals surface area contributed by atoms with Gasteiger partial charge in [-0.25, -0.2) is 14.4 Å². The lowest BCUT2D eigenvalue weighted by molar-refractivity contribution is -0.819. The number of ether oxygens (including phenoxy) is 3. The second kappa shape index (κ2) is 12.5. The molecule has 0 spiro atoms. The summed E-state index contributed by atoms with van der Waals surface area (Å²) in [6.07, 6.45) is -3.63. The van der Waals surface area contributed by atoms with Gasteiger partial charge in [-0.15, -0.1) is 0 Å². The van der Waals surface area contributed by atoms with E-state index >= 15 is 0 Å². The van der Waals surface area contributed by atoms with Crippen LogP contribution in [0.15, 0.2) is 91.0 Å². The Morgan fingerprint density at radius 1 is 0.636 bits per heavy atom. The summed E-state index contributed by atoms with van der Waals surface area (Å²) in [5, 5.41) is 40.1. The molecule has 44 heavy (non-hydrogen) atoms. The monoisotopic (exact) mass is 604 g/mol. The third kappa shape index (κ3) is 7.16. The van der Waals surface area contributed by atoms with Crippen molar-refractivity contribution in [3.8, 4) is 17.2 Å². The maximum atomic E-state index is 13.2. The average Bonchev–Trinajstić information content (AvgIpc) is 2.99. The number of aromatic hydroxyl groups is 3. The average molecular weight is 604 g/mol. The Hall–Kier alpha value is -6.64. The number of aromatic carboxylic acids is 1. The maximum absolute atomic E-state index is 13.2. The first-order valence-corrected chi connectivity index (χ1v) is 12.2. The summed E-state index contributed by atoms with van der Waals surface area (Å²) in [5.41, 5.74) is 4.10. The van der Waals surface area contributed by atoms with Gasteiger partial charge in [-0.1, -0.05) is 4.84 Å². The van der Waals surface area contributed by atoms with Gasteiger partial charge in [-0.05, 0) is 84.4 Å². The molecule has 1 unspecified atom stereocenters. The Labute approximate surface area is 246 Å². The van der Waals surface area contributed by atoms with Crippen LogP contribution in [-0.4, -0.2) is 50.3 Å². The maximum Gasteiger partial charge on any atom is 0.674 e. The summed E-state index contributed by atoms with van der Waals surface area (Å²) in [6.45, 7) is 0. The summed E-state index contributed by atoms with van der Waals surface area (Å²) in [6, 6.07) is 15.8. The molecule has 0 aliphatic heterocycles. The Balaban J connectivity index is 1.79. The molecule has 0 radical (unpaired) electrons. The normalized spacial score (nSPS) is 11.8. The summed E-state index contributed by atoms with van der Waals surface area (Å²) < 4.78 is 15.5. The highest BCUT2D eigenvalue weighted by Gasteiger charge is 2.56. The number of esters is 3. The lowest BCUT2D eigenvalue weighted by atomic mass is 10.2. The summed E-state index contributed by atoms with van der Waals surface area (Å²) in [5.74, 6) is -7.40. The van der Waals surface area contributed by atoms with E-state index < -0.39 is 57.7 Å². The number of carboxylic acids is 1. The minimum absolute atomic E-state index is 0.233. The van der Waals surface area contributed by atoms with Crippen LogP contribution < -0.4 is 10.8 Å². The third-order valence-corrected chi connectivity index (χ3v) is 5.62. The van der Waals surface area contributed by atoms with E-state index in [0.29, 0.717) is 0 Å². The van der Waals surface area contributed by atoms with Gasteiger partial charge in [-0.3, -0.25) is 0 Å². The zero-order valence-corrected chi connectivity index (χ0v) is 22.1. The number of nitrogens with two attached hydrogens (primary N) is 1. The molecule has 0 aliphatic carbocycles. The van der Waals surface area contributed by atoms with E-state index in [4.69, 9.17) is 24.8 Å². The molecule has 5 N–H and O–H groups in total. The fraction of sp³-hybridized carbons (Fsp3) is 0.0345. The van der Waals surface area contributed by atoms with Gasteiger partial charge in [0.25, 0.3) is 4.92 Å². The van der Waals surface area contributed by atoms with E-state index in [2.05, 4.69) is 0 Å². The van der Waals surface area contributed by atoms with Crippen LogP contribution in [0.1, 0.15) is 41.4 Å². The van der Waals surface area contributed by atoms with E-state index in [9.17, 15) is 44.5 Å². The SMILES string of the molecule is Nc1ccc(C(=O)OC(OC(=O)c2ccc(O)cc2)(OC(=O)c2ccc(O)c(O)c2)O[N+](=O)c2ccc(C(=O)[O-])cc2)cc1. The quantitative estimate of drug-likeness (QED) is 0.0668. The van der Waals surface area contributed by atoms with Crippen molar-refractivity contribution in [3.63, 3.8) is 0 Å².